The van der Waals surface area contributed by atoms with E-state index in [0.29, 0.717) is 34.4 Å². The fourth-order valence-electron chi connectivity index (χ4n) is 5.31. The summed E-state index contributed by atoms with van der Waals surface area (Å²) in [6.45, 7) is 2.05. The lowest BCUT2D eigenvalue weighted by atomic mass is 9.90. The van der Waals surface area contributed by atoms with Crippen molar-refractivity contribution in [1.82, 2.24) is 15.3 Å². The molecule has 2 aliphatic rings. The fraction of sp³-hybridized carbons (Fsp3) is 0.290. The van der Waals surface area contributed by atoms with Crippen molar-refractivity contribution in [2.24, 2.45) is 5.92 Å². The number of nitriles is 1. The van der Waals surface area contributed by atoms with Crippen molar-refractivity contribution < 1.29 is 14.3 Å². The van der Waals surface area contributed by atoms with Crippen molar-refractivity contribution >= 4 is 22.8 Å². The van der Waals surface area contributed by atoms with Crippen molar-refractivity contribution in [1.29, 1.82) is 5.26 Å². The van der Waals surface area contributed by atoms with Gasteiger partial charge in [0.2, 0.25) is 12.7 Å². The number of ether oxygens (including phenoxy) is 2. The number of hydrogen-bond donors (Lipinski definition) is 1. The maximum atomic E-state index is 13.3. The quantitative estimate of drug-likeness (QED) is 0.376. The number of amides is 1. The highest BCUT2D eigenvalue weighted by Gasteiger charge is 2.30. The summed E-state index contributed by atoms with van der Waals surface area (Å²) in [5.41, 5.74) is 4.03. The summed E-state index contributed by atoms with van der Waals surface area (Å²) in [5, 5.41) is 13.0. The summed E-state index contributed by atoms with van der Waals surface area (Å²) in [6, 6.07) is 25.9. The smallest absolute Gasteiger partial charge is 0.243 e. The first-order valence-corrected chi connectivity index (χ1v) is 13.3. The minimum atomic E-state index is -1.09. The second kappa shape index (κ2) is 11.0. The molecule has 8 heteroatoms. The molecule has 4 aromatic rings. The maximum Gasteiger partial charge on any atom is 0.243 e. The molecule has 1 N–H and O–H groups in total. The SMILES string of the molecule is N#C[C@@H](C(=O)NCc1ccc2c(c1)OCO2)c1nc2ccccc2nc1N1CCC(Cc2ccccc2)CC1. The Morgan fingerprint density at radius 2 is 1.67 bits per heavy atom. The number of anilines is 1. The highest BCUT2D eigenvalue weighted by Crippen LogP contribution is 2.33. The van der Waals surface area contributed by atoms with Crippen LogP contribution in [-0.2, 0) is 17.8 Å². The summed E-state index contributed by atoms with van der Waals surface area (Å²) in [6.07, 6.45) is 3.07. The van der Waals surface area contributed by atoms with E-state index in [1.165, 1.54) is 5.56 Å². The van der Waals surface area contributed by atoms with Gasteiger partial charge >= 0.3 is 0 Å². The molecule has 0 radical (unpaired) electrons. The van der Waals surface area contributed by atoms with E-state index < -0.39 is 11.8 Å². The number of fused-ring (bicyclic) bond motifs is 2. The molecule has 0 aliphatic carbocycles. The van der Waals surface area contributed by atoms with Crippen molar-refractivity contribution in [2.45, 2.75) is 31.7 Å². The number of piperidine rings is 1. The van der Waals surface area contributed by atoms with Gasteiger partial charge in [-0.15, -0.1) is 0 Å². The predicted octanol–water partition coefficient (Wildman–Crippen LogP) is 4.74. The minimum Gasteiger partial charge on any atom is -0.454 e. The zero-order valence-electron chi connectivity index (χ0n) is 21.5. The molecule has 1 amide bonds. The van der Waals surface area contributed by atoms with Gasteiger partial charge in [-0.05, 0) is 60.6 Å². The number of carbonyl (C=O) groups is 1. The van der Waals surface area contributed by atoms with Crippen LogP contribution in [0.3, 0.4) is 0 Å². The molecular formula is C31H29N5O3. The predicted molar refractivity (Wildman–Crippen MR) is 147 cm³/mol. The van der Waals surface area contributed by atoms with Crippen LogP contribution >= 0.6 is 0 Å². The number of nitrogens with one attached hydrogen (secondary N) is 1. The van der Waals surface area contributed by atoms with Crippen molar-refractivity contribution in [3.05, 3.63) is 89.6 Å². The van der Waals surface area contributed by atoms with Crippen molar-refractivity contribution in [2.75, 3.05) is 24.8 Å². The van der Waals surface area contributed by atoms with Crippen LogP contribution in [0.15, 0.2) is 72.8 Å². The molecule has 0 bridgehead atoms. The zero-order chi connectivity index (χ0) is 26.6. The molecule has 1 fully saturated rings. The molecule has 0 spiro atoms. The topological polar surface area (TPSA) is 100 Å². The van der Waals surface area contributed by atoms with Gasteiger partial charge in [-0.1, -0.05) is 48.5 Å². The van der Waals surface area contributed by atoms with Gasteiger partial charge in [0.25, 0.3) is 0 Å². The van der Waals surface area contributed by atoms with Gasteiger partial charge in [0.15, 0.2) is 23.2 Å². The molecule has 39 heavy (non-hydrogen) atoms. The van der Waals surface area contributed by atoms with Crippen LogP contribution in [0.1, 0.15) is 35.6 Å². The third-order valence-corrected chi connectivity index (χ3v) is 7.43. The third-order valence-electron chi connectivity index (χ3n) is 7.43. The van der Waals surface area contributed by atoms with E-state index >= 15 is 0 Å². The Hall–Kier alpha value is -4.64. The van der Waals surface area contributed by atoms with Crippen molar-refractivity contribution in [3.8, 4) is 17.6 Å². The minimum absolute atomic E-state index is 0.189. The molecule has 2 aliphatic heterocycles. The summed E-state index contributed by atoms with van der Waals surface area (Å²) in [5.74, 6) is 1.04. The van der Waals surface area contributed by atoms with Crippen LogP contribution in [0.2, 0.25) is 0 Å². The van der Waals surface area contributed by atoms with Crippen LogP contribution in [0, 0.1) is 17.2 Å². The Morgan fingerprint density at radius 3 is 2.44 bits per heavy atom. The number of nitrogens with zero attached hydrogens (tertiary/aromatic N) is 4. The summed E-state index contributed by atoms with van der Waals surface area (Å²) < 4.78 is 10.8. The standard InChI is InChI=1S/C31H29N5O3/c32-18-24(31(37)33-19-23-10-11-27-28(17-23)39-20-38-27)29-30(35-26-9-5-4-8-25(26)34-29)36-14-12-22(13-15-36)16-21-6-2-1-3-7-21/h1-11,17,22,24H,12-16,19-20H2,(H,33,37)/t24-/m1/s1. The van der Waals surface area contributed by atoms with E-state index in [9.17, 15) is 10.1 Å². The lowest BCUT2D eigenvalue weighted by Crippen LogP contribution is -2.37. The van der Waals surface area contributed by atoms with Crippen LogP contribution in [0.5, 0.6) is 11.5 Å². The number of benzene rings is 3. The molecule has 1 atom stereocenters. The Labute approximate surface area is 227 Å². The van der Waals surface area contributed by atoms with Gasteiger partial charge in [0, 0.05) is 19.6 Å². The van der Waals surface area contributed by atoms with Gasteiger partial charge in [-0.25, -0.2) is 9.97 Å². The van der Waals surface area contributed by atoms with Gasteiger partial charge in [-0.2, -0.15) is 5.26 Å². The fourth-order valence-corrected chi connectivity index (χ4v) is 5.31. The third kappa shape index (κ3) is 5.34. The van der Waals surface area contributed by atoms with Crippen LogP contribution < -0.4 is 19.7 Å². The second-order valence-corrected chi connectivity index (χ2v) is 10.0. The van der Waals surface area contributed by atoms with E-state index in [1.54, 1.807) is 0 Å². The Morgan fingerprint density at radius 1 is 0.949 bits per heavy atom. The zero-order valence-corrected chi connectivity index (χ0v) is 21.5. The summed E-state index contributed by atoms with van der Waals surface area (Å²) >= 11 is 0. The molecule has 0 unspecified atom stereocenters. The van der Waals surface area contributed by atoms with Gasteiger partial charge in [0.05, 0.1) is 17.1 Å². The molecular weight excluding hydrogens is 490 g/mol. The molecule has 6 rings (SSSR count). The number of rotatable bonds is 7. The average Bonchev–Trinajstić information content (AvgIpc) is 3.45. The highest BCUT2D eigenvalue weighted by atomic mass is 16.7. The van der Waals surface area contributed by atoms with E-state index in [4.69, 9.17) is 19.4 Å². The van der Waals surface area contributed by atoms with E-state index in [-0.39, 0.29) is 13.3 Å². The van der Waals surface area contributed by atoms with Crippen LogP contribution in [-0.4, -0.2) is 35.8 Å². The van der Waals surface area contributed by atoms with E-state index in [1.807, 2.05) is 48.5 Å². The number of aromatic nitrogens is 2. The molecule has 0 saturated carbocycles. The summed E-state index contributed by atoms with van der Waals surface area (Å²) in [4.78, 5) is 25.2. The monoisotopic (exact) mass is 519 g/mol. The largest absolute Gasteiger partial charge is 0.454 e. The molecule has 1 saturated heterocycles. The average molecular weight is 520 g/mol. The maximum absolute atomic E-state index is 13.3. The number of para-hydroxylation sites is 2. The normalized spacial score (nSPS) is 15.6. The Balaban J connectivity index is 1.21. The molecule has 3 aromatic carbocycles. The number of carbonyl (C=O) groups excluding carboxylic acids is 1. The number of hydrogen-bond acceptors (Lipinski definition) is 7. The highest BCUT2D eigenvalue weighted by molar-refractivity contribution is 5.88. The molecule has 8 nitrogen and oxygen atoms in total. The Kier molecular flexibility index (Phi) is 6.96. The lowest BCUT2D eigenvalue weighted by Gasteiger charge is -2.34. The van der Waals surface area contributed by atoms with Crippen LogP contribution in [0.25, 0.3) is 11.0 Å². The first-order valence-electron chi connectivity index (χ1n) is 13.3. The van der Waals surface area contributed by atoms with Gasteiger partial charge < -0.3 is 19.7 Å². The van der Waals surface area contributed by atoms with E-state index in [2.05, 4.69) is 40.6 Å². The lowest BCUT2D eigenvalue weighted by molar-refractivity contribution is -0.121. The Bertz CT molecular complexity index is 1530. The molecule has 196 valence electrons. The van der Waals surface area contributed by atoms with E-state index in [0.717, 1.165) is 43.4 Å². The second-order valence-electron chi connectivity index (χ2n) is 10.0. The van der Waals surface area contributed by atoms with Gasteiger partial charge in [-0.3, -0.25) is 4.79 Å². The van der Waals surface area contributed by atoms with Crippen LogP contribution in [0.4, 0.5) is 5.82 Å². The summed E-state index contributed by atoms with van der Waals surface area (Å²) in [7, 11) is 0. The van der Waals surface area contributed by atoms with Gasteiger partial charge in [0.1, 0.15) is 5.69 Å². The first kappa shape index (κ1) is 24.7. The van der Waals surface area contributed by atoms with Crippen molar-refractivity contribution in [3.63, 3.8) is 0 Å². The molecule has 3 heterocycles. The first-order chi connectivity index (χ1) is 19.2. The molecule has 1 aromatic heterocycles.